The summed E-state index contributed by atoms with van der Waals surface area (Å²) in [7, 11) is 0. The van der Waals surface area contributed by atoms with Gasteiger partial charge in [0.25, 0.3) is 0 Å². The number of ether oxygens (including phenoxy) is 1. The summed E-state index contributed by atoms with van der Waals surface area (Å²) >= 11 is 0. The van der Waals surface area contributed by atoms with Gasteiger partial charge in [-0.25, -0.2) is 0 Å². The summed E-state index contributed by atoms with van der Waals surface area (Å²) in [5.41, 5.74) is 1.02. The third-order valence-corrected chi connectivity index (χ3v) is 4.97. The van der Waals surface area contributed by atoms with Crippen LogP contribution in [0.3, 0.4) is 0 Å². The number of hydrogen-bond acceptors (Lipinski definition) is 3. The molecule has 2 aliphatic heterocycles. The number of nitrogens with zero attached hydrogens (tertiary/aromatic N) is 1. The van der Waals surface area contributed by atoms with Crippen LogP contribution in [0, 0.1) is 17.8 Å². The molecule has 0 bridgehead atoms. The van der Waals surface area contributed by atoms with E-state index in [1.807, 2.05) is 30.3 Å². The molecule has 5 heteroatoms. The Labute approximate surface area is 136 Å². The van der Waals surface area contributed by atoms with E-state index in [1.54, 1.807) is 4.90 Å². The number of hydrogen-bond donors (Lipinski definition) is 1. The molecule has 0 spiro atoms. The Bertz CT molecular complexity index is 553. The quantitative estimate of drug-likeness (QED) is 0.899. The number of aliphatic carboxylic acids is 1. The molecule has 1 aromatic carbocycles. The molecule has 124 valence electrons. The summed E-state index contributed by atoms with van der Waals surface area (Å²) in [6, 6.07) is 9.67. The number of carbonyl (C=O) groups excluding carboxylic acids is 1. The minimum Gasteiger partial charge on any atom is -0.481 e. The lowest BCUT2D eigenvalue weighted by atomic mass is 9.89. The van der Waals surface area contributed by atoms with Gasteiger partial charge in [0.1, 0.15) is 0 Å². The van der Waals surface area contributed by atoms with Crippen molar-refractivity contribution >= 4 is 11.9 Å². The van der Waals surface area contributed by atoms with E-state index in [-0.39, 0.29) is 5.91 Å². The van der Waals surface area contributed by atoms with Crippen molar-refractivity contribution in [3.05, 3.63) is 35.9 Å². The monoisotopic (exact) mass is 317 g/mol. The maximum absolute atomic E-state index is 12.7. The fourth-order valence-corrected chi connectivity index (χ4v) is 3.61. The first kappa shape index (κ1) is 16.0. The second kappa shape index (κ2) is 7.13. The second-order valence-electron chi connectivity index (χ2n) is 6.54. The van der Waals surface area contributed by atoms with Crippen LogP contribution in [0.5, 0.6) is 0 Å². The molecule has 2 heterocycles. The molecule has 23 heavy (non-hydrogen) atoms. The Hall–Kier alpha value is -1.88. The molecular formula is C18H23NO4. The van der Waals surface area contributed by atoms with Gasteiger partial charge in [0.2, 0.25) is 5.91 Å². The van der Waals surface area contributed by atoms with Crippen LogP contribution in [0.4, 0.5) is 0 Å². The summed E-state index contributed by atoms with van der Waals surface area (Å²) in [6.07, 6.45) is 2.40. The van der Waals surface area contributed by atoms with Crippen molar-refractivity contribution in [2.24, 2.45) is 17.8 Å². The molecule has 2 fully saturated rings. The van der Waals surface area contributed by atoms with Crippen molar-refractivity contribution in [3.8, 4) is 0 Å². The zero-order valence-electron chi connectivity index (χ0n) is 13.2. The van der Waals surface area contributed by atoms with E-state index in [1.165, 1.54) is 0 Å². The van der Waals surface area contributed by atoms with Crippen LogP contribution in [0.15, 0.2) is 30.3 Å². The van der Waals surface area contributed by atoms with Crippen LogP contribution >= 0.6 is 0 Å². The number of rotatable bonds is 5. The molecule has 2 aliphatic rings. The summed E-state index contributed by atoms with van der Waals surface area (Å²) in [6.45, 7) is 2.48. The zero-order chi connectivity index (χ0) is 16.2. The Morgan fingerprint density at radius 2 is 1.91 bits per heavy atom. The minimum absolute atomic E-state index is 0.00672. The number of carbonyl (C=O) groups is 2. The third kappa shape index (κ3) is 3.72. The van der Waals surface area contributed by atoms with Gasteiger partial charge < -0.3 is 14.7 Å². The van der Waals surface area contributed by atoms with Crippen LogP contribution in [-0.4, -0.2) is 48.2 Å². The number of carboxylic acid groups (broad SMARTS) is 1. The fourth-order valence-electron chi connectivity index (χ4n) is 3.61. The van der Waals surface area contributed by atoms with Crippen molar-refractivity contribution in [2.45, 2.75) is 19.3 Å². The molecule has 1 aromatic rings. The maximum Gasteiger partial charge on any atom is 0.309 e. The molecule has 2 unspecified atom stereocenters. The van der Waals surface area contributed by atoms with E-state index in [0.29, 0.717) is 25.4 Å². The van der Waals surface area contributed by atoms with Gasteiger partial charge in [0.15, 0.2) is 0 Å². The molecule has 0 radical (unpaired) electrons. The Morgan fingerprint density at radius 1 is 1.22 bits per heavy atom. The van der Waals surface area contributed by atoms with Crippen molar-refractivity contribution in [3.63, 3.8) is 0 Å². The molecule has 1 N–H and O–H groups in total. The van der Waals surface area contributed by atoms with Crippen LogP contribution in [-0.2, 0) is 20.7 Å². The van der Waals surface area contributed by atoms with Crippen molar-refractivity contribution in [2.75, 3.05) is 26.3 Å². The van der Waals surface area contributed by atoms with E-state index < -0.39 is 17.8 Å². The Morgan fingerprint density at radius 3 is 2.57 bits per heavy atom. The molecule has 2 saturated heterocycles. The second-order valence-corrected chi connectivity index (χ2v) is 6.54. The first-order valence-electron chi connectivity index (χ1n) is 8.28. The van der Waals surface area contributed by atoms with E-state index >= 15 is 0 Å². The molecular weight excluding hydrogens is 294 g/mol. The Kier molecular flexibility index (Phi) is 4.96. The van der Waals surface area contributed by atoms with Gasteiger partial charge in [0, 0.05) is 26.3 Å². The first-order chi connectivity index (χ1) is 11.1. The number of carboxylic acids is 1. The number of benzene rings is 1. The molecule has 1 amide bonds. The first-order valence-corrected chi connectivity index (χ1v) is 8.28. The summed E-state index contributed by atoms with van der Waals surface area (Å²) < 4.78 is 5.35. The topological polar surface area (TPSA) is 66.8 Å². The lowest BCUT2D eigenvalue weighted by molar-refractivity contribution is -0.144. The van der Waals surface area contributed by atoms with Gasteiger partial charge in [-0.2, -0.15) is 0 Å². The third-order valence-electron chi connectivity index (χ3n) is 4.97. The van der Waals surface area contributed by atoms with E-state index in [9.17, 15) is 14.7 Å². The van der Waals surface area contributed by atoms with Gasteiger partial charge in [-0.05, 0) is 30.7 Å². The highest BCUT2D eigenvalue weighted by Gasteiger charge is 2.44. The molecule has 0 saturated carbocycles. The minimum atomic E-state index is -0.867. The largest absolute Gasteiger partial charge is 0.481 e. The normalized spacial score (nSPS) is 25.7. The maximum atomic E-state index is 12.7. The average Bonchev–Trinajstić information content (AvgIpc) is 2.86. The van der Waals surface area contributed by atoms with Gasteiger partial charge in [-0.3, -0.25) is 9.59 Å². The smallest absolute Gasteiger partial charge is 0.309 e. The molecule has 5 nitrogen and oxygen atoms in total. The highest BCUT2D eigenvalue weighted by atomic mass is 16.5. The van der Waals surface area contributed by atoms with Gasteiger partial charge >= 0.3 is 5.97 Å². The number of amides is 1. The summed E-state index contributed by atoms with van der Waals surface area (Å²) in [4.78, 5) is 26.1. The van der Waals surface area contributed by atoms with Crippen molar-refractivity contribution in [1.82, 2.24) is 4.90 Å². The molecule has 0 aromatic heterocycles. The number of likely N-dealkylation sites (tertiary alicyclic amines) is 1. The predicted molar refractivity (Wildman–Crippen MR) is 84.9 cm³/mol. The molecule has 3 rings (SSSR count). The fraction of sp³-hybridized carbons (Fsp3) is 0.556. The summed E-state index contributed by atoms with van der Waals surface area (Å²) in [5, 5.41) is 9.50. The zero-order valence-corrected chi connectivity index (χ0v) is 13.2. The lowest BCUT2D eigenvalue weighted by Crippen LogP contribution is -2.35. The van der Waals surface area contributed by atoms with Crippen molar-refractivity contribution in [1.29, 1.82) is 0 Å². The Balaban J connectivity index is 1.69. The standard InChI is InChI=1S/C18H23NO4/c20-17-15(10-13-4-2-1-3-5-13)16(18(21)22)12-19(17)11-14-6-8-23-9-7-14/h1-5,14-16H,6-12H2,(H,21,22). The van der Waals surface area contributed by atoms with Crippen LogP contribution in [0.25, 0.3) is 0 Å². The molecule has 2 atom stereocenters. The average molecular weight is 317 g/mol. The van der Waals surface area contributed by atoms with Gasteiger partial charge in [-0.1, -0.05) is 30.3 Å². The van der Waals surface area contributed by atoms with E-state index in [4.69, 9.17) is 4.74 Å². The highest BCUT2D eigenvalue weighted by Crippen LogP contribution is 2.30. The van der Waals surface area contributed by atoms with E-state index in [2.05, 4.69) is 0 Å². The highest BCUT2D eigenvalue weighted by molar-refractivity contribution is 5.88. The predicted octanol–water partition coefficient (Wildman–Crippen LogP) is 1.81. The van der Waals surface area contributed by atoms with Gasteiger partial charge in [0.05, 0.1) is 11.8 Å². The van der Waals surface area contributed by atoms with Crippen LogP contribution in [0.1, 0.15) is 18.4 Å². The lowest BCUT2D eigenvalue weighted by Gasteiger charge is -2.27. The van der Waals surface area contributed by atoms with Crippen LogP contribution in [0.2, 0.25) is 0 Å². The summed E-state index contributed by atoms with van der Waals surface area (Å²) in [5.74, 6) is -1.50. The van der Waals surface area contributed by atoms with Crippen molar-refractivity contribution < 1.29 is 19.4 Å². The van der Waals surface area contributed by atoms with E-state index in [0.717, 1.165) is 31.6 Å². The molecule has 0 aliphatic carbocycles. The van der Waals surface area contributed by atoms with Crippen LogP contribution < -0.4 is 0 Å². The SMILES string of the molecule is O=C(O)C1CN(CC2CCOCC2)C(=O)C1Cc1ccccc1. The van der Waals surface area contributed by atoms with Gasteiger partial charge in [-0.15, -0.1) is 0 Å².